The Labute approximate surface area is 127 Å². The molecule has 20 heavy (non-hydrogen) atoms. The number of hydrogen-bond donors (Lipinski definition) is 1. The van der Waals surface area contributed by atoms with Crippen LogP contribution in [0.15, 0.2) is 45.3 Å². The van der Waals surface area contributed by atoms with Crippen molar-refractivity contribution in [2.24, 2.45) is 0 Å². The van der Waals surface area contributed by atoms with Crippen molar-refractivity contribution in [2.45, 2.75) is 25.5 Å². The van der Waals surface area contributed by atoms with Gasteiger partial charge in [-0.05, 0) is 37.1 Å². The van der Waals surface area contributed by atoms with Crippen LogP contribution in [0.25, 0.3) is 11.3 Å². The Hall–Kier alpha value is -1.10. The van der Waals surface area contributed by atoms with E-state index in [-0.39, 0.29) is 6.10 Å². The van der Waals surface area contributed by atoms with E-state index in [1.807, 2.05) is 36.4 Å². The molecule has 0 aliphatic carbocycles. The van der Waals surface area contributed by atoms with E-state index in [9.17, 15) is 5.11 Å². The normalized spacial score (nSPS) is 17.5. The summed E-state index contributed by atoms with van der Waals surface area (Å²) in [6, 6.07) is 12.2. The molecule has 1 N–H and O–H groups in total. The highest BCUT2D eigenvalue weighted by molar-refractivity contribution is 9.10. The maximum absolute atomic E-state index is 9.51. The Morgan fingerprint density at radius 3 is 2.50 bits per heavy atom. The zero-order valence-electron chi connectivity index (χ0n) is 11.3. The molecule has 0 bridgehead atoms. The molecule has 4 heteroatoms. The highest BCUT2D eigenvalue weighted by Gasteiger charge is 2.18. The van der Waals surface area contributed by atoms with Crippen molar-refractivity contribution in [3.8, 4) is 11.3 Å². The first-order chi connectivity index (χ1) is 9.70. The number of hydrogen-bond acceptors (Lipinski definition) is 3. The van der Waals surface area contributed by atoms with E-state index in [1.165, 1.54) is 0 Å². The molecule has 3 rings (SSSR count). The summed E-state index contributed by atoms with van der Waals surface area (Å²) in [4.78, 5) is 2.33. The van der Waals surface area contributed by atoms with Crippen LogP contribution in [0.1, 0.15) is 18.6 Å². The molecule has 106 valence electrons. The van der Waals surface area contributed by atoms with Crippen molar-refractivity contribution in [1.82, 2.24) is 4.90 Å². The van der Waals surface area contributed by atoms with Crippen LogP contribution in [-0.4, -0.2) is 29.2 Å². The van der Waals surface area contributed by atoms with E-state index in [1.54, 1.807) is 0 Å². The largest absolute Gasteiger partial charge is 0.460 e. The third-order valence-corrected chi connectivity index (χ3v) is 4.26. The van der Waals surface area contributed by atoms with E-state index < -0.39 is 0 Å². The molecule has 1 aromatic carbocycles. The second kappa shape index (κ2) is 6.12. The zero-order valence-corrected chi connectivity index (χ0v) is 12.8. The van der Waals surface area contributed by atoms with Crippen LogP contribution >= 0.6 is 15.9 Å². The van der Waals surface area contributed by atoms with Crippen molar-refractivity contribution in [3.05, 3.63) is 46.6 Å². The molecule has 3 nitrogen and oxygen atoms in total. The topological polar surface area (TPSA) is 36.6 Å². The molecule has 1 aromatic heterocycles. The number of likely N-dealkylation sites (tertiary alicyclic amines) is 1. The minimum atomic E-state index is -0.124. The third-order valence-electron chi connectivity index (χ3n) is 3.73. The molecule has 0 amide bonds. The van der Waals surface area contributed by atoms with Gasteiger partial charge in [-0.15, -0.1) is 0 Å². The van der Waals surface area contributed by atoms with Crippen LogP contribution in [-0.2, 0) is 6.54 Å². The van der Waals surface area contributed by atoms with E-state index in [4.69, 9.17) is 4.42 Å². The lowest BCUT2D eigenvalue weighted by Gasteiger charge is -2.28. The van der Waals surface area contributed by atoms with Crippen molar-refractivity contribution in [2.75, 3.05) is 13.1 Å². The van der Waals surface area contributed by atoms with Crippen LogP contribution in [0, 0.1) is 0 Å². The van der Waals surface area contributed by atoms with Gasteiger partial charge in [0.05, 0.1) is 12.6 Å². The summed E-state index contributed by atoms with van der Waals surface area (Å²) in [5, 5.41) is 9.51. The number of piperidine rings is 1. The van der Waals surface area contributed by atoms with Gasteiger partial charge in [0, 0.05) is 23.1 Å². The summed E-state index contributed by atoms with van der Waals surface area (Å²) in [5.74, 6) is 1.89. The molecule has 0 spiro atoms. The standard InChI is InChI=1S/C16H18BrNO2/c17-13-3-1-12(2-4-13)16-6-5-15(20-16)11-18-9-7-14(19)8-10-18/h1-6,14,19H,7-11H2. The van der Waals surface area contributed by atoms with E-state index in [0.29, 0.717) is 0 Å². The molecule has 1 saturated heterocycles. The Kier molecular flexibility index (Phi) is 4.24. The van der Waals surface area contributed by atoms with Gasteiger partial charge in [-0.1, -0.05) is 28.1 Å². The second-order valence-corrected chi connectivity index (χ2v) is 6.20. The molecule has 1 aliphatic heterocycles. The Morgan fingerprint density at radius 1 is 1.10 bits per heavy atom. The molecule has 1 fully saturated rings. The van der Waals surface area contributed by atoms with Gasteiger partial charge in [-0.25, -0.2) is 0 Å². The third kappa shape index (κ3) is 3.32. The molecule has 2 heterocycles. The molecular weight excluding hydrogens is 318 g/mol. The van der Waals surface area contributed by atoms with E-state index in [2.05, 4.69) is 20.8 Å². The van der Waals surface area contributed by atoms with Gasteiger partial charge in [0.2, 0.25) is 0 Å². The Bertz CT molecular complexity index is 556. The maximum atomic E-state index is 9.51. The molecule has 0 atom stereocenters. The first-order valence-electron chi connectivity index (χ1n) is 6.96. The fourth-order valence-electron chi connectivity index (χ4n) is 2.53. The van der Waals surface area contributed by atoms with Gasteiger partial charge in [0.15, 0.2) is 0 Å². The predicted octanol–water partition coefficient (Wildman–Crippen LogP) is 3.67. The van der Waals surface area contributed by atoms with Gasteiger partial charge in [0.25, 0.3) is 0 Å². The number of halogens is 1. The van der Waals surface area contributed by atoms with Crippen molar-refractivity contribution in [3.63, 3.8) is 0 Å². The summed E-state index contributed by atoms with van der Waals surface area (Å²) < 4.78 is 6.99. The first-order valence-corrected chi connectivity index (χ1v) is 7.75. The fourth-order valence-corrected chi connectivity index (χ4v) is 2.79. The number of aliphatic hydroxyl groups is 1. The highest BCUT2D eigenvalue weighted by Crippen LogP contribution is 2.25. The van der Waals surface area contributed by atoms with Gasteiger partial charge in [-0.2, -0.15) is 0 Å². The average molecular weight is 336 g/mol. The summed E-state index contributed by atoms with van der Waals surface area (Å²) in [5.41, 5.74) is 1.09. The van der Waals surface area contributed by atoms with Crippen molar-refractivity contribution >= 4 is 15.9 Å². The Morgan fingerprint density at radius 2 is 1.80 bits per heavy atom. The molecular formula is C16H18BrNO2. The fraction of sp³-hybridized carbons (Fsp3) is 0.375. The van der Waals surface area contributed by atoms with Gasteiger partial charge >= 0.3 is 0 Å². The lowest BCUT2D eigenvalue weighted by molar-refractivity contribution is 0.0761. The van der Waals surface area contributed by atoms with Gasteiger partial charge in [-0.3, -0.25) is 4.90 Å². The first kappa shape index (κ1) is 13.9. The SMILES string of the molecule is OC1CCN(Cc2ccc(-c3ccc(Br)cc3)o2)CC1. The minimum absolute atomic E-state index is 0.124. The predicted molar refractivity (Wildman–Crippen MR) is 82.4 cm³/mol. The molecule has 2 aromatic rings. The highest BCUT2D eigenvalue weighted by atomic mass is 79.9. The molecule has 0 unspecified atom stereocenters. The number of benzene rings is 1. The number of nitrogens with zero attached hydrogens (tertiary/aromatic N) is 1. The molecule has 0 saturated carbocycles. The van der Waals surface area contributed by atoms with E-state index >= 15 is 0 Å². The molecule has 0 radical (unpaired) electrons. The average Bonchev–Trinajstić information content (AvgIpc) is 2.91. The maximum Gasteiger partial charge on any atom is 0.134 e. The summed E-state index contributed by atoms with van der Waals surface area (Å²) in [7, 11) is 0. The van der Waals surface area contributed by atoms with Crippen LogP contribution in [0.3, 0.4) is 0 Å². The van der Waals surface area contributed by atoms with Crippen LogP contribution in [0.2, 0.25) is 0 Å². The van der Waals surface area contributed by atoms with Crippen LogP contribution in [0.4, 0.5) is 0 Å². The van der Waals surface area contributed by atoms with Gasteiger partial charge in [0.1, 0.15) is 11.5 Å². The number of aliphatic hydroxyl groups excluding tert-OH is 1. The van der Waals surface area contributed by atoms with E-state index in [0.717, 1.165) is 54.0 Å². The minimum Gasteiger partial charge on any atom is -0.460 e. The quantitative estimate of drug-likeness (QED) is 0.929. The van der Waals surface area contributed by atoms with Crippen LogP contribution in [0.5, 0.6) is 0 Å². The monoisotopic (exact) mass is 335 g/mol. The molecule has 1 aliphatic rings. The second-order valence-electron chi connectivity index (χ2n) is 5.28. The number of furan rings is 1. The zero-order chi connectivity index (χ0) is 13.9. The lowest BCUT2D eigenvalue weighted by atomic mass is 10.1. The Balaban J connectivity index is 1.66. The summed E-state index contributed by atoms with van der Waals surface area (Å²) in [6.45, 7) is 2.70. The lowest BCUT2D eigenvalue weighted by Crippen LogP contribution is -2.35. The van der Waals surface area contributed by atoms with Crippen LogP contribution < -0.4 is 0 Å². The number of rotatable bonds is 3. The van der Waals surface area contributed by atoms with Crippen molar-refractivity contribution in [1.29, 1.82) is 0 Å². The van der Waals surface area contributed by atoms with Gasteiger partial charge < -0.3 is 9.52 Å². The smallest absolute Gasteiger partial charge is 0.134 e. The van der Waals surface area contributed by atoms with Crippen molar-refractivity contribution < 1.29 is 9.52 Å². The summed E-state index contributed by atoms with van der Waals surface area (Å²) >= 11 is 3.44. The summed E-state index contributed by atoms with van der Waals surface area (Å²) in [6.07, 6.45) is 1.60.